The number of hydrogen-bond acceptors (Lipinski definition) is 3. The summed E-state index contributed by atoms with van der Waals surface area (Å²) in [5, 5.41) is 1.39. The van der Waals surface area contributed by atoms with Crippen LogP contribution in [0.2, 0.25) is 5.15 Å². The van der Waals surface area contributed by atoms with Gasteiger partial charge in [-0.15, -0.1) is 0 Å². The number of aromatic nitrogens is 2. The van der Waals surface area contributed by atoms with Gasteiger partial charge in [0.05, 0.1) is 6.61 Å². The highest BCUT2D eigenvalue weighted by Crippen LogP contribution is 2.29. The summed E-state index contributed by atoms with van der Waals surface area (Å²) in [4.78, 5) is 8.71. The Morgan fingerprint density at radius 1 is 1.05 bits per heavy atom. The highest BCUT2D eigenvalue weighted by Gasteiger charge is 2.08. The van der Waals surface area contributed by atoms with Crippen molar-refractivity contribution in [1.82, 2.24) is 9.97 Å². The number of benzene rings is 1. The predicted octanol–water partition coefficient (Wildman–Crippen LogP) is 4.35. The molecule has 3 aromatic rings. The lowest BCUT2D eigenvalue weighted by molar-refractivity contribution is 0.328. The van der Waals surface area contributed by atoms with Crippen LogP contribution in [0.1, 0.15) is 6.92 Å². The molecule has 0 aliphatic rings. The molecule has 4 heteroatoms. The van der Waals surface area contributed by atoms with Gasteiger partial charge in [0.25, 0.3) is 0 Å². The van der Waals surface area contributed by atoms with E-state index in [0.29, 0.717) is 23.3 Å². The monoisotopic (exact) mass is 284 g/mol. The number of fused-ring (bicyclic) bond motifs is 1. The highest BCUT2D eigenvalue weighted by atomic mass is 35.5. The fraction of sp³-hybridized carbons (Fsp3) is 0.125. The second-order valence-corrected chi connectivity index (χ2v) is 4.68. The molecule has 0 saturated heterocycles. The molecule has 0 N–H and O–H groups in total. The van der Waals surface area contributed by atoms with Crippen molar-refractivity contribution in [1.29, 1.82) is 0 Å². The zero-order valence-corrected chi connectivity index (χ0v) is 11.8. The van der Waals surface area contributed by atoms with Gasteiger partial charge in [0.15, 0.2) is 5.65 Å². The van der Waals surface area contributed by atoms with Crippen LogP contribution in [0, 0.1) is 0 Å². The fourth-order valence-corrected chi connectivity index (χ4v) is 2.30. The quantitative estimate of drug-likeness (QED) is 0.671. The molecule has 3 nitrogen and oxygen atoms in total. The largest absolute Gasteiger partial charge is 0.478 e. The molecule has 20 heavy (non-hydrogen) atoms. The zero-order valence-electron chi connectivity index (χ0n) is 11.0. The molecule has 2 aromatic heterocycles. The lowest BCUT2D eigenvalue weighted by Gasteiger charge is -2.07. The topological polar surface area (TPSA) is 35.0 Å². The minimum atomic E-state index is 0.449. The van der Waals surface area contributed by atoms with Gasteiger partial charge in [0.1, 0.15) is 5.15 Å². The summed E-state index contributed by atoms with van der Waals surface area (Å²) in [5.74, 6) is 0.566. The van der Waals surface area contributed by atoms with Crippen LogP contribution in [-0.4, -0.2) is 16.6 Å². The van der Waals surface area contributed by atoms with Crippen LogP contribution in [0.15, 0.2) is 48.5 Å². The average molecular weight is 285 g/mol. The first kappa shape index (κ1) is 12.9. The van der Waals surface area contributed by atoms with E-state index in [4.69, 9.17) is 16.3 Å². The van der Waals surface area contributed by atoms with Gasteiger partial charge in [-0.05, 0) is 24.6 Å². The van der Waals surface area contributed by atoms with E-state index in [-0.39, 0.29) is 0 Å². The Balaban J connectivity index is 2.13. The second kappa shape index (κ2) is 5.47. The first-order chi connectivity index (χ1) is 9.78. The first-order valence-corrected chi connectivity index (χ1v) is 6.81. The maximum absolute atomic E-state index is 6.28. The van der Waals surface area contributed by atoms with Gasteiger partial charge in [-0.1, -0.05) is 41.9 Å². The molecule has 0 fully saturated rings. The molecule has 3 rings (SSSR count). The predicted molar refractivity (Wildman–Crippen MR) is 81.2 cm³/mol. The van der Waals surface area contributed by atoms with Crippen LogP contribution in [0.25, 0.3) is 22.2 Å². The van der Waals surface area contributed by atoms with Gasteiger partial charge in [0.2, 0.25) is 5.88 Å². The Morgan fingerprint density at radius 2 is 1.85 bits per heavy atom. The molecule has 0 aliphatic carbocycles. The van der Waals surface area contributed by atoms with Crippen LogP contribution in [0.4, 0.5) is 0 Å². The van der Waals surface area contributed by atoms with E-state index >= 15 is 0 Å². The van der Waals surface area contributed by atoms with Crippen LogP contribution in [0.3, 0.4) is 0 Å². The molecule has 0 atom stereocenters. The number of halogens is 1. The minimum Gasteiger partial charge on any atom is -0.478 e. The van der Waals surface area contributed by atoms with Gasteiger partial charge in [-0.3, -0.25) is 0 Å². The number of ether oxygens (including phenoxy) is 1. The molecule has 100 valence electrons. The van der Waals surface area contributed by atoms with Gasteiger partial charge in [-0.25, -0.2) is 4.98 Å². The number of pyridine rings is 2. The van der Waals surface area contributed by atoms with E-state index in [1.165, 1.54) is 0 Å². The van der Waals surface area contributed by atoms with Crippen molar-refractivity contribution in [3.05, 3.63) is 53.7 Å². The van der Waals surface area contributed by atoms with E-state index in [1.54, 1.807) is 0 Å². The third kappa shape index (κ3) is 2.45. The van der Waals surface area contributed by atoms with Gasteiger partial charge in [-0.2, -0.15) is 4.98 Å². The third-order valence-corrected chi connectivity index (χ3v) is 3.27. The van der Waals surface area contributed by atoms with Gasteiger partial charge >= 0.3 is 0 Å². The van der Waals surface area contributed by atoms with Gasteiger partial charge < -0.3 is 4.74 Å². The lowest BCUT2D eigenvalue weighted by atomic mass is 10.1. The Hall–Kier alpha value is -2.13. The molecule has 0 saturated carbocycles. The van der Waals surface area contributed by atoms with E-state index in [2.05, 4.69) is 9.97 Å². The molecule has 1 aromatic carbocycles. The number of hydrogen-bond donors (Lipinski definition) is 0. The van der Waals surface area contributed by atoms with Crippen LogP contribution in [0.5, 0.6) is 5.88 Å². The molecule has 0 radical (unpaired) electrons. The van der Waals surface area contributed by atoms with Crippen molar-refractivity contribution in [2.75, 3.05) is 6.61 Å². The summed E-state index contributed by atoms with van der Waals surface area (Å²) in [6.07, 6.45) is 0. The van der Waals surface area contributed by atoms with Crippen molar-refractivity contribution in [2.24, 2.45) is 0 Å². The summed E-state index contributed by atoms with van der Waals surface area (Å²) in [7, 11) is 0. The smallest absolute Gasteiger partial charge is 0.215 e. The average Bonchev–Trinajstić information content (AvgIpc) is 2.48. The summed E-state index contributed by atoms with van der Waals surface area (Å²) in [6, 6.07) is 15.7. The maximum Gasteiger partial charge on any atom is 0.215 e. The maximum atomic E-state index is 6.28. The first-order valence-electron chi connectivity index (χ1n) is 6.43. The zero-order chi connectivity index (χ0) is 13.9. The van der Waals surface area contributed by atoms with Crippen LogP contribution in [-0.2, 0) is 0 Å². The molecule has 2 heterocycles. The molecular formula is C16H13ClN2O. The molecule has 0 spiro atoms. The van der Waals surface area contributed by atoms with E-state index in [1.807, 2.05) is 55.5 Å². The van der Waals surface area contributed by atoms with Crippen molar-refractivity contribution < 1.29 is 4.74 Å². The molecular weight excluding hydrogens is 272 g/mol. The number of nitrogens with zero attached hydrogens (tertiary/aromatic N) is 2. The standard InChI is InChI=1S/C16H13ClN2O/c1-2-20-14-9-8-12-10-13(11-6-4-3-5-7-11)15(17)19-16(12)18-14/h3-10H,2H2,1H3. The summed E-state index contributed by atoms with van der Waals surface area (Å²) in [6.45, 7) is 2.50. The van der Waals surface area contributed by atoms with Crippen molar-refractivity contribution in [2.45, 2.75) is 6.92 Å². The minimum absolute atomic E-state index is 0.449. The lowest BCUT2D eigenvalue weighted by Crippen LogP contribution is -1.96. The van der Waals surface area contributed by atoms with E-state index < -0.39 is 0 Å². The summed E-state index contributed by atoms with van der Waals surface area (Å²) >= 11 is 6.28. The second-order valence-electron chi connectivity index (χ2n) is 4.32. The van der Waals surface area contributed by atoms with Crippen molar-refractivity contribution in [3.63, 3.8) is 0 Å². The highest BCUT2D eigenvalue weighted by molar-refractivity contribution is 6.32. The Kier molecular flexibility index (Phi) is 3.52. The molecule has 0 unspecified atom stereocenters. The Morgan fingerprint density at radius 3 is 2.60 bits per heavy atom. The molecule has 0 bridgehead atoms. The summed E-state index contributed by atoms with van der Waals surface area (Å²) in [5.41, 5.74) is 2.55. The number of rotatable bonds is 3. The van der Waals surface area contributed by atoms with Crippen LogP contribution >= 0.6 is 11.6 Å². The van der Waals surface area contributed by atoms with E-state index in [0.717, 1.165) is 16.5 Å². The van der Waals surface area contributed by atoms with Crippen molar-refractivity contribution in [3.8, 4) is 17.0 Å². The fourth-order valence-electron chi connectivity index (χ4n) is 2.06. The normalized spacial score (nSPS) is 10.7. The van der Waals surface area contributed by atoms with E-state index in [9.17, 15) is 0 Å². The van der Waals surface area contributed by atoms with Gasteiger partial charge in [0, 0.05) is 17.0 Å². The SMILES string of the molecule is CCOc1ccc2cc(-c3ccccc3)c(Cl)nc2n1. The Labute approximate surface area is 122 Å². The molecule has 0 aliphatic heterocycles. The third-order valence-electron chi connectivity index (χ3n) is 2.98. The van der Waals surface area contributed by atoms with Crippen molar-refractivity contribution >= 4 is 22.6 Å². The summed E-state index contributed by atoms with van der Waals surface area (Å²) < 4.78 is 5.37. The molecule has 0 amide bonds. The Bertz CT molecular complexity index is 744. The van der Waals surface area contributed by atoms with Crippen LogP contribution < -0.4 is 4.74 Å².